The quantitative estimate of drug-likeness (QED) is 0.367. The zero-order chi connectivity index (χ0) is 34.6. The molecule has 0 unspecified atom stereocenters. The third-order valence-corrected chi connectivity index (χ3v) is 9.38. The van der Waals surface area contributed by atoms with E-state index in [1.165, 1.54) is 4.90 Å². The number of rotatable bonds is 7. The predicted molar refractivity (Wildman–Crippen MR) is 180 cm³/mol. The average Bonchev–Trinajstić information content (AvgIpc) is 3.34. The predicted octanol–water partition coefficient (Wildman–Crippen LogP) is 4.31. The lowest BCUT2D eigenvalue weighted by atomic mass is 10.0. The van der Waals surface area contributed by atoms with E-state index in [0.29, 0.717) is 37.4 Å². The van der Waals surface area contributed by atoms with Gasteiger partial charge in [0, 0.05) is 37.5 Å². The first-order valence-electron chi connectivity index (χ1n) is 17.2. The normalized spacial score (nSPS) is 27.1. The van der Waals surface area contributed by atoms with E-state index >= 15 is 0 Å². The smallest absolute Gasteiger partial charge is 0.408 e. The number of nitrogens with zero attached hydrogens (tertiary/aromatic N) is 5. The summed E-state index contributed by atoms with van der Waals surface area (Å²) in [6, 6.07) is 7.33. The third-order valence-electron chi connectivity index (χ3n) is 9.38. The zero-order valence-electron chi connectivity index (χ0n) is 28.6. The molecule has 0 spiro atoms. The van der Waals surface area contributed by atoms with Gasteiger partial charge in [0.25, 0.3) is 0 Å². The van der Waals surface area contributed by atoms with Gasteiger partial charge in [0.1, 0.15) is 28.9 Å². The van der Waals surface area contributed by atoms with Crippen molar-refractivity contribution in [3.63, 3.8) is 0 Å². The third kappa shape index (κ3) is 7.65. The van der Waals surface area contributed by atoms with Crippen LogP contribution >= 0.6 is 0 Å². The number of carboxylic acids is 1. The molecule has 5 atom stereocenters. The molecule has 13 heteroatoms. The Labute approximate surface area is 282 Å². The number of hydrogen-bond donors (Lipinski definition) is 3. The van der Waals surface area contributed by atoms with E-state index in [-0.39, 0.29) is 25.3 Å². The number of fused-ring (bicyclic) bond motifs is 2. The molecule has 3 N–H and O–H groups in total. The number of hydrogen-bond acceptors (Lipinski definition) is 8. The lowest BCUT2D eigenvalue weighted by molar-refractivity contribution is -0.145. The Balaban J connectivity index is 1.51. The van der Waals surface area contributed by atoms with Gasteiger partial charge in [-0.1, -0.05) is 55.3 Å². The van der Waals surface area contributed by atoms with Gasteiger partial charge >= 0.3 is 12.1 Å². The molecule has 0 bridgehead atoms. The van der Waals surface area contributed by atoms with Crippen molar-refractivity contribution in [2.75, 3.05) is 24.5 Å². The number of aromatic nitrogens is 3. The molecule has 5 rings (SSSR count). The summed E-state index contributed by atoms with van der Waals surface area (Å²) in [5.41, 5.74) is -0.599. The Bertz CT molecular complexity index is 1510. The summed E-state index contributed by atoms with van der Waals surface area (Å²) in [5.74, 6) is -1.70. The number of ether oxygens (including phenoxy) is 1. The number of anilines is 1. The molecule has 3 amide bonds. The van der Waals surface area contributed by atoms with Crippen LogP contribution in [0.25, 0.3) is 11.3 Å². The second kappa shape index (κ2) is 14.4. The van der Waals surface area contributed by atoms with Gasteiger partial charge in [-0.25, -0.2) is 9.59 Å². The zero-order valence-corrected chi connectivity index (χ0v) is 28.6. The molecule has 48 heavy (non-hydrogen) atoms. The maximum atomic E-state index is 14.4. The standard InChI is InChI=1S/C35H49N7O6/c1-6-40(7-2)29-28(23-16-12-11-13-17-23)38-42(39-29)25-20-27-30(43)37-35(32(45)46)21-24(35)18-14-9-8-10-15-19-26(31(44)41(27)22-25)36-33(47)48-34(3,4)5/h11-14,16-18,24-27H,6-10,15,19-22H2,1-5H3,(H,36,47)(H,37,43)(H,45,46)/b18-14-/t24-,25+,26+,27+,35+/m1/s1. The minimum absolute atomic E-state index is 0.105. The van der Waals surface area contributed by atoms with E-state index in [4.69, 9.17) is 14.9 Å². The molecule has 2 fully saturated rings. The molecule has 1 saturated carbocycles. The highest BCUT2D eigenvalue weighted by molar-refractivity contribution is 5.96. The molecule has 2 aromatic rings. The van der Waals surface area contributed by atoms with E-state index < -0.39 is 53.1 Å². The van der Waals surface area contributed by atoms with Crippen molar-refractivity contribution in [3.05, 3.63) is 42.5 Å². The first-order valence-corrected chi connectivity index (χ1v) is 17.2. The van der Waals surface area contributed by atoms with Crippen molar-refractivity contribution in [1.82, 2.24) is 30.5 Å². The number of alkyl carbamates (subject to hydrolysis) is 1. The topological polar surface area (TPSA) is 159 Å². The lowest BCUT2D eigenvalue weighted by Crippen LogP contribution is -2.56. The van der Waals surface area contributed by atoms with Crippen LogP contribution in [0.4, 0.5) is 10.6 Å². The first kappa shape index (κ1) is 34.9. The molecule has 1 aromatic heterocycles. The summed E-state index contributed by atoms with van der Waals surface area (Å²) >= 11 is 0. The van der Waals surface area contributed by atoms with Crippen LogP contribution in [0.2, 0.25) is 0 Å². The highest BCUT2D eigenvalue weighted by Crippen LogP contribution is 2.45. The minimum Gasteiger partial charge on any atom is -0.479 e. The van der Waals surface area contributed by atoms with Gasteiger partial charge in [-0.3, -0.25) is 9.59 Å². The van der Waals surface area contributed by atoms with Crippen molar-refractivity contribution >= 4 is 29.7 Å². The maximum Gasteiger partial charge on any atom is 0.408 e. The molecule has 0 radical (unpaired) electrons. The Kier molecular flexibility index (Phi) is 10.4. The van der Waals surface area contributed by atoms with E-state index in [2.05, 4.69) is 15.5 Å². The molecule has 1 aliphatic carbocycles. The maximum absolute atomic E-state index is 14.4. The van der Waals surface area contributed by atoms with Crippen LogP contribution in [0.3, 0.4) is 0 Å². The van der Waals surface area contributed by atoms with Crippen molar-refractivity contribution in [3.8, 4) is 11.3 Å². The number of benzene rings is 1. The van der Waals surface area contributed by atoms with Gasteiger partial charge in [-0.05, 0) is 60.3 Å². The van der Waals surface area contributed by atoms with E-state index in [1.54, 1.807) is 25.6 Å². The SMILES string of the molecule is CCN(CC)c1nn([C@H]2C[C@H]3C(=O)N[C@@]4(C(=O)O)C[C@H]4/C=C\CCCCC[C@H](NC(=O)OC(C)(C)C)C(=O)N3C2)nc1-c1ccccc1. The second-order valence-corrected chi connectivity index (χ2v) is 14.0. The van der Waals surface area contributed by atoms with Crippen LogP contribution in [-0.2, 0) is 19.1 Å². The number of allylic oxidation sites excluding steroid dienone is 1. The van der Waals surface area contributed by atoms with Gasteiger partial charge in [0.15, 0.2) is 5.82 Å². The van der Waals surface area contributed by atoms with Crippen LogP contribution in [0, 0.1) is 5.92 Å². The average molecular weight is 664 g/mol. The lowest BCUT2D eigenvalue weighted by Gasteiger charge is -2.30. The molecular formula is C35H49N7O6. The number of carboxylic acid groups (broad SMARTS) is 1. The first-order chi connectivity index (χ1) is 22.9. The van der Waals surface area contributed by atoms with Crippen LogP contribution in [0.1, 0.15) is 85.6 Å². The molecule has 2 aliphatic heterocycles. The number of aliphatic carboxylic acids is 1. The van der Waals surface area contributed by atoms with Crippen molar-refractivity contribution in [2.24, 2.45) is 5.92 Å². The Morgan fingerprint density at radius 2 is 1.83 bits per heavy atom. The van der Waals surface area contributed by atoms with Gasteiger partial charge < -0.3 is 30.3 Å². The minimum atomic E-state index is -1.42. The van der Waals surface area contributed by atoms with Gasteiger partial charge in [-0.2, -0.15) is 9.90 Å². The molecular weight excluding hydrogens is 614 g/mol. The fourth-order valence-electron chi connectivity index (χ4n) is 6.69. The van der Waals surface area contributed by atoms with Crippen molar-refractivity contribution in [2.45, 2.75) is 109 Å². The summed E-state index contributed by atoms with van der Waals surface area (Å²) in [5, 5.41) is 25.6. The fraction of sp³-hybridized carbons (Fsp3) is 0.600. The number of nitrogens with one attached hydrogen (secondary N) is 2. The van der Waals surface area contributed by atoms with Crippen molar-refractivity contribution in [1.29, 1.82) is 0 Å². The highest BCUT2D eigenvalue weighted by atomic mass is 16.6. The molecule has 13 nitrogen and oxygen atoms in total. The number of carbonyl (C=O) groups is 4. The Morgan fingerprint density at radius 1 is 1.10 bits per heavy atom. The van der Waals surface area contributed by atoms with Gasteiger partial charge in [-0.15, -0.1) is 5.10 Å². The van der Waals surface area contributed by atoms with Crippen LogP contribution in [0.5, 0.6) is 0 Å². The van der Waals surface area contributed by atoms with Crippen LogP contribution in [-0.4, -0.2) is 91.7 Å². The monoisotopic (exact) mass is 663 g/mol. The molecule has 260 valence electrons. The summed E-state index contributed by atoms with van der Waals surface area (Å²) in [4.78, 5) is 59.0. The summed E-state index contributed by atoms with van der Waals surface area (Å²) in [7, 11) is 0. The molecule has 1 saturated heterocycles. The summed E-state index contributed by atoms with van der Waals surface area (Å²) < 4.78 is 5.49. The van der Waals surface area contributed by atoms with E-state index in [1.807, 2.05) is 56.3 Å². The fourth-order valence-corrected chi connectivity index (χ4v) is 6.69. The second-order valence-electron chi connectivity index (χ2n) is 14.0. The van der Waals surface area contributed by atoms with Crippen LogP contribution in [0.15, 0.2) is 42.5 Å². The largest absolute Gasteiger partial charge is 0.479 e. The van der Waals surface area contributed by atoms with Crippen LogP contribution < -0.4 is 15.5 Å². The Morgan fingerprint density at radius 3 is 2.50 bits per heavy atom. The number of carbonyl (C=O) groups excluding carboxylic acids is 3. The summed E-state index contributed by atoms with van der Waals surface area (Å²) in [6.07, 6.45) is 7.06. The van der Waals surface area contributed by atoms with E-state index in [0.717, 1.165) is 24.8 Å². The van der Waals surface area contributed by atoms with E-state index in [9.17, 15) is 24.3 Å². The van der Waals surface area contributed by atoms with Crippen molar-refractivity contribution < 1.29 is 29.0 Å². The molecule has 3 heterocycles. The molecule has 3 aliphatic rings. The highest BCUT2D eigenvalue weighted by Gasteiger charge is 2.61. The van der Waals surface area contributed by atoms with Gasteiger partial charge in [0.2, 0.25) is 11.8 Å². The van der Waals surface area contributed by atoms with Gasteiger partial charge in [0.05, 0.1) is 6.04 Å². The summed E-state index contributed by atoms with van der Waals surface area (Å²) in [6.45, 7) is 10.9. The number of amides is 3. The Hall–Kier alpha value is -4.42. The molecule has 1 aromatic carbocycles.